The van der Waals surface area contributed by atoms with E-state index in [-0.39, 0.29) is 12.0 Å². The van der Waals surface area contributed by atoms with Crippen molar-refractivity contribution in [2.75, 3.05) is 7.11 Å². The number of rotatable bonds is 5. The number of benzene rings is 1. The quantitative estimate of drug-likeness (QED) is 0.845. The van der Waals surface area contributed by atoms with Crippen LogP contribution in [-0.4, -0.2) is 13.1 Å². The van der Waals surface area contributed by atoms with Gasteiger partial charge in [-0.15, -0.1) is 0 Å². The van der Waals surface area contributed by atoms with Crippen molar-refractivity contribution in [3.63, 3.8) is 0 Å². The van der Waals surface area contributed by atoms with Crippen molar-refractivity contribution in [3.05, 3.63) is 58.0 Å². The molecule has 0 spiro atoms. The lowest BCUT2D eigenvalue weighted by molar-refractivity contribution is 0.0600. The van der Waals surface area contributed by atoms with E-state index in [1.807, 2.05) is 12.1 Å². The number of nitrogens with one attached hydrogen (secondary N) is 1. The van der Waals surface area contributed by atoms with Crippen LogP contribution in [0.25, 0.3) is 0 Å². The summed E-state index contributed by atoms with van der Waals surface area (Å²) < 4.78 is 11.0. The number of methoxy groups -OCH3 is 1. The Morgan fingerprint density at radius 2 is 2.25 bits per heavy atom. The Hall–Kier alpha value is -1.59. The summed E-state index contributed by atoms with van der Waals surface area (Å²) in [5.74, 6) is 0.312. The van der Waals surface area contributed by atoms with E-state index in [2.05, 4.69) is 45.0 Å². The summed E-state index contributed by atoms with van der Waals surface area (Å²) >= 11 is 3.46. The fraction of sp³-hybridized carbons (Fsp3) is 0.267. The molecule has 1 aromatic carbocycles. The number of ether oxygens (including phenoxy) is 1. The average molecular weight is 338 g/mol. The first kappa shape index (κ1) is 14.8. The lowest BCUT2D eigenvalue weighted by Gasteiger charge is -2.13. The van der Waals surface area contributed by atoms with Crippen LogP contribution >= 0.6 is 15.9 Å². The number of carbonyl (C=O) groups is 1. The summed E-state index contributed by atoms with van der Waals surface area (Å²) in [5.41, 5.74) is 1.61. The lowest BCUT2D eigenvalue weighted by atomic mass is 10.1. The highest BCUT2D eigenvalue weighted by Crippen LogP contribution is 2.18. The number of hydrogen-bond donors (Lipinski definition) is 1. The maximum atomic E-state index is 11.3. The Kier molecular flexibility index (Phi) is 4.98. The van der Waals surface area contributed by atoms with E-state index in [4.69, 9.17) is 4.42 Å². The van der Waals surface area contributed by atoms with Crippen LogP contribution in [0, 0.1) is 0 Å². The van der Waals surface area contributed by atoms with Crippen molar-refractivity contribution in [2.24, 2.45) is 0 Å². The van der Waals surface area contributed by atoms with Crippen LogP contribution in [0.5, 0.6) is 0 Å². The predicted molar refractivity (Wildman–Crippen MR) is 79.4 cm³/mol. The molecule has 0 saturated carbocycles. The van der Waals surface area contributed by atoms with E-state index < -0.39 is 0 Å². The molecule has 2 rings (SSSR count). The zero-order valence-corrected chi connectivity index (χ0v) is 12.9. The summed E-state index contributed by atoms with van der Waals surface area (Å²) in [7, 11) is 1.35. The summed E-state index contributed by atoms with van der Waals surface area (Å²) in [4.78, 5) is 11.3. The fourth-order valence-corrected chi connectivity index (χ4v) is 2.26. The molecule has 1 N–H and O–H groups in total. The molecule has 0 aliphatic carbocycles. The van der Waals surface area contributed by atoms with Gasteiger partial charge >= 0.3 is 5.97 Å². The van der Waals surface area contributed by atoms with Crippen molar-refractivity contribution in [1.82, 2.24) is 5.32 Å². The molecule has 5 heteroatoms. The van der Waals surface area contributed by atoms with E-state index in [1.165, 1.54) is 18.9 Å². The third-order valence-electron chi connectivity index (χ3n) is 3.01. The molecular formula is C15H16BrNO3. The van der Waals surface area contributed by atoms with Gasteiger partial charge in [-0.05, 0) is 30.7 Å². The Balaban J connectivity index is 1.95. The van der Waals surface area contributed by atoms with Gasteiger partial charge in [0.2, 0.25) is 0 Å². The highest BCUT2D eigenvalue weighted by atomic mass is 79.9. The topological polar surface area (TPSA) is 51.5 Å². The first-order valence-corrected chi connectivity index (χ1v) is 7.04. The van der Waals surface area contributed by atoms with E-state index in [1.54, 1.807) is 6.07 Å². The number of esters is 1. The van der Waals surface area contributed by atoms with Gasteiger partial charge in [-0.1, -0.05) is 28.1 Å². The molecule has 0 bridgehead atoms. The molecule has 0 saturated heterocycles. The highest BCUT2D eigenvalue weighted by Gasteiger charge is 2.11. The summed E-state index contributed by atoms with van der Waals surface area (Å²) in [6, 6.07) is 9.99. The molecule has 0 aliphatic rings. The SMILES string of the molecule is COC(=O)c1coc(CN[C@H](C)c2cccc(Br)c2)c1. The van der Waals surface area contributed by atoms with Gasteiger partial charge in [0, 0.05) is 10.5 Å². The Labute approximate surface area is 126 Å². The largest absolute Gasteiger partial charge is 0.467 e. The zero-order valence-electron chi connectivity index (χ0n) is 11.4. The second-order valence-corrected chi connectivity index (χ2v) is 5.37. The van der Waals surface area contributed by atoms with Crippen LogP contribution in [-0.2, 0) is 11.3 Å². The standard InChI is InChI=1S/C15H16BrNO3/c1-10(11-4-3-5-13(16)6-11)17-8-14-7-12(9-20-14)15(18)19-2/h3-7,9-10,17H,8H2,1-2H3/t10-/m1/s1. The fourth-order valence-electron chi connectivity index (χ4n) is 1.85. The lowest BCUT2D eigenvalue weighted by Crippen LogP contribution is -2.17. The summed E-state index contributed by atoms with van der Waals surface area (Å²) in [5, 5.41) is 3.35. The van der Waals surface area contributed by atoms with Crippen LogP contribution in [0.2, 0.25) is 0 Å². The third-order valence-corrected chi connectivity index (χ3v) is 3.50. The molecule has 0 amide bonds. The van der Waals surface area contributed by atoms with Crippen molar-refractivity contribution in [1.29, 1.82) is 0 Å². The molecule has 0 fully saturated rings. The van der Waals surface area contributed by atoms with E-state index in [0.29, 0.717) is 17.9 Å². The molecule has 20 heavy (non-hydrogen) atoms. The van der Waals surface area contributed by atoms with E-state index in [0.717, 1.165) is 4.47 Å². The highest BCUT2D eigenvalue weighted by molar-refractivity contribution is 9.10. The van der Waals surface area contributed by atoms with Crippen molar-refractivity contribution in [2.45, 2.75) is 19.5 Å². The first-order chi connectivity index (χ1) is 9.60. The van der Waals surface area contributed by atoms with Gasteiger partial charge in [-0.3, -0.25) is 0 Å². The summed E-state index contributed by atoms with van der Waals surface area (Å²) in [6.07, 6.45) is 1.41. The van der Waals surface area contributed by atoms with Crippen LogP contribution in [0.3, 0.4) is 0 Å². The maximum absolute atomic E-state index is 11.3. The maximum Gasteiger partial charge on any atom is 0.341 e. The number of carbonyl (C=O) groups excluding carboxylic acids is 1. The van der Waals surface area contributed by atoms with E-state index >= 15 is 0 Å². The molecule has 106 valence electrons. The minimum Gasteiger partial charge on any atom is -0.467 e. The monoisotopic (exact) mass is 337 g/mol. The summed E-state index contributed by atoms with van der Waals surface area (Å²) in [6.45, 7) is 2.62. The number of furan rings is 1. The minimum atomic E-state index is -0.389. The number of hydrogen-bond acceptors (Lipinski definition) is 4. The Bertz CT molecular complexity index is 594. The molecule has 0 aliphatic heterocycles. The van der Waals surface area contributed by atoms with Gasteiger partial charge < -0.3 is 14.5 Å². The van der Waals surface area contributed by atoms with Gasteiger partial charge in [0.25, 0.3) is 0 Å². The van der Waals surface area contributed by atoms with E-state index in [9.17, 15) is 4.79 Å². The van der Waals surface area contributed by atoms with Crippen LogP contribution in [0.1, 0.15) is 34.6 Å². The first-order valence-electron chi connectivity index (χ1n) is 6.24. The number of halogens is 1. The normalized spacial score (nSPS) is 12.2. The van der Waals surface area contributed by atoms with Crippen LogP contribution in [0.15, 0.2) is 45.5 Å². The van der Waals surface area contributed by atoms with Crippen LogP contribution in [0.4, 0.5) is 0 Å². The Morgan fingerprint density at radius 1 is 1.45 bits per heavy atom. The second-order valence-electron chi connectivity index (χ2n) is 4.45. The average Bonchev–Trinajstić information content (AvgIpc) is 2.92. The zero-order chi connectivity index (χ0) is 14.5. The van der Waals surface area contributed by atoms with Crippen LogP contribution < -0.4 is 5.32 Å². The molecule has 1 atom stereocenters. The molecule has 0 unspecified atom stereocenters. The molecule has 0 radical (unpaired) electrons. The third kappa shape index (κ3) is 3.71. The van der Waals surface area contributed by atoms with Gasteiger partial charge in [0.05, 0.1) is 19.2 Å². The van der Waals surface area contributed by atoms with Crippen molar-refractivity contribution < 1.29 is 13.9 Å². The van der Waals surface area contributed by atoms with Gasteiger partial charge in [0.15, 0.2) is 0 Å². The van der Waals surface area contributed by atoms with Crippen molar-refractivity contribution >= 4 is 21.9 Å². The molecule has 2 aromatic rings. The van der Waals surface area contributed by atoms with Gasteiger partial charge in [-0.2, -0.15) is 0 Å². The molecule has 1 heterocycles. The molecule has 4 nitrogen and oxygen atoms in total. The minimum absolute atomic E-state index is 0.180. The molecule has 1 aromatic heterocycles. The molecular weight excluding hydrogens is 322 g/mol. The van der Waals surface area contributed by atoms with Gasteiger partial charge in [0.1, 0.15) is 12.0 Å². The second kappa shape index (κ2) is 6.72. The van der Waals surface area contributed by atoms with Crippen molar-refractivity contribution in [3.8, 4) is 0 Å². The van der Waals surface area contributed by atoms with Gasteiger partial charge in [-0.25, -0.2) is 4.79 Å². The smallest absolute Gasteiger partial charge is 0.341 e. The predicted octanol–water partition coefficient (Wildman–Crippen LogP) is 3.68. The Morgan fingerprint density at radius 3 is 2.95 bits per heavy atom.